The van der Waals surface area contributed by atoms with E-state index in [2.05, 4.69) is 9.98 Å². The van der Waals surface area contributed by atoms with E-state index in [1.54, 1.807) is 30.9 Å². The Labute approximate surface area is 92.3 Å². The molecule has 0 amide bonds. The highest BCUT2D eigenvalue weighted by atomic mass is 32.2. The maximum Gasteiger partial charge on any atom is 0.123 e. The zero-order chi connectivity index (χ0) is 10.7. The van der Waals surface area contributed by atoms with Gasteiger partial charge in [-0.05, 0) is 24.3 Å². The molecule has 78 valence electrons. The molecule has 0 radical (unpaired) electrons. The first-order valence-electron chi connectivity index (χ1n) is 4.71. The second-order valence-corrected chi connectivity index (χ2v) is 4.20. The lowest BCUT2D eigenvalue weighted by Crippen LogP contribution is -2.18. The van der Waals surface area contributed by atoms with Gasteiger partial charge < -0.3 is 0 Å². The van der Waals surface area contributed by atoms with Crippen molar-refractivity contribution in [1.29, 1.82) is 0 Å². The summed E-state index contributed by atoms with van der Waals surface area (Å²) in [4.78, 5) is 8.61. The molecule has 0 aliphatic carbocycles. The topological polar surface area (TPSA) is 24.7 Å². The third-order valence-corrected chi connectivity index (χ3v) is 3.16. The van der Waals surface area contributed by atoms with Crippen LogP contribution in [0.1, 0.15) is 5.56 Å². The number of hydrogen-bond donors (Lipinski definition) is 0. The molecular formula is C11H11FN2S. The smallest absolute Gasteiger partial charge is 0.123 e. The zero-order valence-electron chi connectivity index (χ0n) is 8.40. The molecule has 0 unspecified atom stereocenters. The molecule has 4 heteroatoms. The van der Waals surface area contributed by atoms with E-state index in [9.17, 15) is 4.39 Å². The summed E-state index contributed by atoms with van der Waals surface area (Å²) < 4.78 is 12.8. The van der Waals surface area contributed by atoms with Crippen LogP contribution in [0.15, 0.2) is 34.3 Å². The Morgan fingerprint density at radius 2 is 2.07 bits per heavy atom. The summed E-state index contributed by atoms with van der Waals surface area (Å²) in [5.74, 6) is 0.745. The number of rotatable bonds is 1. The first-order chi connectivity index (χ1) is 7.31. The molecule has 0 spiro atoms. The quantitative estimate of drug-likeness (QED) is 0.716. The Morgan fingerprint density at radius 3 is 2.73 bits per heavy atom. The monoisotopic (exact) mass is 222 g/mol. The van der Waals surface area contributed by atoms with Crippen molar-refractivity contribution < 1.29 is 4.39 Å². The SMILES string of the molecule is CN=C1SCCN=C1c1ccc(F)cc1. The third kappa shape index (κ3) is 2.26. The van der Waals surface area contributed by atoms with Crippen molar-refractivity contribution in [2.75, 3.05) is 19.3 Å². The van der Waals surface area contributed by atoms with Gasteiger partial charge in [-0.2, -0.15) is 0 Å². The summed E-state index contributed by atoms with van der Waals surface area (Å²) in [6.45, 7) is 0.802. The van der Waals surface area contributed by atoms with Gasteiger partial charge in [0.25, 0.3) is 0 Å². The molecule has 0 bridgehead atoms. The molecule has 0 saturated carbocycles. The van der Waals surface area contributed by atoms with Gasteiger partial charge in [0.05, 0.1) is 5.71 Å². The van der Waals surface area contributed by atoms with Crippen LogP contribution in [0.4, 0.5) is 4.39 Å². The lowest BCUT2D eigenvalue weighted by atomic mass is 10.1. The van der Waals surface area contributed by atoms with Gasteiger partial charge in [-0.3, -0.25) is 9.98 Å². The molecule has 1 aromatic rings. The number of thioether (sulfide) groups is 1. The largest absolute Gasteiger partial charge is 0.281 e. The van der Waals surface area contributed by atoms with Crippen molar-refractivity contribution in [1.82, 2.24) is 0 Å². The van der Waals surface area contributed by atoms with Gasteiger partial charge in [0.2, 0.25) is 0 Å². The fourth-order valence-electron chi connectivity index (χ4n) is 1.43. The van der Waals surface area contributed by atoms with Crippen LogP contribution < -0.4 is 0 Å². The molecule has 0 aromatic heterocycles. The van der Waals surface area contributed by atoms with Crippen molar-refractivity contribution in [2.24, 2.45) is 9.98 Å². The van der Waals surface area contributed by atoms with Crippen molar-refractivity contribution in [3.8, 4) is 0 Å². The number of aliphatic imine (C=N–C) groups is 2. The van der Waals surface area contributed by atoms with E-state index >= 15 is 0 Å². The van der Waals surface area contributed by atoms with Crippen LogP contribution in [0, 0.1) is 5.82 Å². The normalized spacial score (nSPS) is 19.1. The van der Waals surface area contributed by atoms with E-state index in [1.807, 2.05) is 0 Å². The second-order valence-electron chi connectivity index (χ2n) is 3.11. The summed E-state index contributed by atoms with van der Waals surface area (Å²) in [7, 11) is 1.76. The van der Waals surface area contributed by atoms with Crippen LogP contribution in [-0.2, 0) is 0 Å². The zero-order valence-corrected chi connectivity index (χ0v) is 9.22. The fourth-order valence-corrected chi connectivity index (χ4v) is 2.25. The summed E-state index contributed by atoms with van der Waals surface area (Å²) in [6.07, 6.45) is 0. The van der Waals surface area contributed by atoms with Gasteiger partial charge >= 0.3 is 0 Å². The minimum Gasteiger partial charge on any atom is -0.281 e. The first kappa shape index (κ1) is 10.4. The van der Waals surface area contributed by atoms with E-state index in [0.717, 1.165) is 28.6 Å². The lowest BCUT2D eigenvalue weighted by molar-refractivity contribution is 0.628. The Bertz CT molecular complexity index is 409. The lowest BCUT2D eigenvalue weighted by Gasteiger charge is -2.13. The van der Waals surface area contributed by atoms with Gasteiger partial charge in [-0.1, -0.05) is 0 Å². The molecule has 0 saturated heterocycles. The first-order valence-corrected chi connectivity index (χ1v) is 5.70. The van der Waals surface area contributed by atoms with Gasteiger partial charge in [0, 0.05) is 24.9 Å². The van der Waals surface area contributed by atoms with E-state index in [1.165, 1.54) is 12.1 Å². The van der Waals surface area contributed by atoms with Crippen LogP contribution in [0.2, 0.25) is 0 Å². The second kappa shape index (κ2) is 4.57. The molecule has 1 aliphatic rings. The maximum atomic E-state index is 12.8. The molecule has 15 heavy (non-hydrogen) atoms. The summed E-state index contributed by atoms with van der Waals surface area (Å²) >= 11 is 1.70. The molecule has 2 rings (SSSR count). The average molecular weight is 222 g/mol. The standard InChI is InChI=1S/C11H11FN2S/c1-13-11-10(14-6-7-15-11)8-2-4-9(12)5-3-8/h2-5H,6-7H2,1H3. The Kier molecular flexibility index (Phi) is 3.16. The van der Waals surface area contributed by atoms with Gasteiger partial charge in [0.15, 0.2) is 0 Å². The fraction of sp³-hybridized carbons (Fsp3) is 0.273. The Balaban J connectivity index is 2.37. The molecule has 1 aromatic carbocycles. The number of nitrogens with zero attached hydrogens (tertiary/aromatic N) is 2. The van der Waals surface area contributed by atoms with Crippen molar-refractivity contribution in [3.05, 3.63) is 35.6 Å². The van der Waals surface area contributed by atoms with Crippen LogP contribution in [-0.4, -0.2) is 30.1 Å². The minimum absolute atomic E-state index is 0.224. The molecule has 1 aliphatic heterocycles. The van der Waals surface area contributed by atoms with E-state index < -0.39 is 0 Å². The predicted molar refractivity (Wildman–Crippen MR) is 63.6 cm³/mol. The highest BCUT2D eigenvalue weighted by molar-refractivity contribution is 8.15. The van der Waals surface area contributed by atoms with Crippen molar-refractivity contribution in [3.63, 3.8) is 0 Å². The van der Waals surface area contributed by atoms with Gasteiger partial charge in [-0.25, -0.2) is 4.39 Å². The minimum atomic E-state index is -0.224. The molecule has 0 fully saturated rings. The van der Waals surface area contributed by atoms with Crippen LogP contribution in [0.3, 0.4) is 0 Å². The van der Waals surface area contributed by atoms with E-state index in [0.29, 0.717) is 0 Å². The molecule has 1 heterocycles. The predicted octanol–water partition coefficient (Wildman–Crippen LogP) is 2.39. The number of hydrogen-bond acceptors (Lipinski definition) is 3. The molecule has 0 N–H and O–H groups in total. The third-order valence-electron chi connectivity index (χ3n) is 2.12. The highest BCUT2D eigenvalue weighted by Gasteiger charge is 2.15. The number of benzene rings is 1. The van der Waals surface area contributed by atoms with E-state index in [4.69, 9.17) is 0 Å². The summed E-state index contributed by atoms with van der Waals surface area (Å²) in [6, 6.07) is 6.38. The van der Waals surface area contributed by atoms with Crippen LogP contribution in [0.5, 0.6) is 0 Å². The summed E-state index contributed by atoms with van der Waals surface area (Å²) in [5, 5.41) is 0.938. The Hall–Kier alpha value is -1.16. The van der Waals surface area contributed by atoms with E-state index in [-0.39, 0.29) is 5.82 Å². The highest BCUT2D eigenvalue weighted by Crippen LogP contribution is 2.17. The van der Waals surface area contributed by atoms with Gasteiger partial charge in [0.1, 0.15) is 10.9 Å². The molecule has 0 atom stereocenters. The number of halogens is 1. The average Bonchev–Trinajstić information content (AvgIpc) is 2.30. The van der Waals surface area contributed by atoms with Crippen molar-refractivity contribution >= 4 is 22.5 Å². The maximum absolute atomic E-state index is 12.8. The van der Waals surface area contributed by atoms with Gasteiger partial charge in [-0.15, -0.1) is 11.8 Å². The summed E-state index contributed by atoms with van der Waals surface area (Å²) in [5.41, 5.74) is 1.82. The van der Waals surface area contributed by atoms with Crippen molar-refractivity contribution in [2.45, 2.75) is 0 Å². The Morgan fingerprint density at radius 1 is 1.33 bits per heavy atom. The van der Waals surface area contributed by atoms with Crippen LogP contribution >= 0.6 is 11.8 Å². The molecular weight excluding hydrogens is 211 g/mol. The van der Waals surface area contributed by atoms with Crippen LogP contribution in [0.25, 0.3) is 0 Å². The molecule has 2 nitrogen and oxygen atoms in total.